The summed E-state index contributed by atoms with van der Waals surface area (Å²) in [6, 6.07) is 13.5. The largest absolute Gasteiger partial charge is 0.494 e. The minimum atomic E-state index is -0.304. The van der Waals surface area contributed by atoms with Crippen molar-refractivity contribution in [2.45, 2.75) is 46.5 Å². The topological polar surface area (TPSA) is 59.9 Å². The highest BCUT2D eigenvalue weighted by molar-refractivity contribution is 5.83. The number of benzene rings is 2. The van der Waals surface area contributed by atoms with Gasteiger partial charge in [-0.05, 0) is 72.4 Å². The van der Waals surface area contributed by atoms with E-state index in [-0.39, 0.29) is 12.5 Å². The average Bonchev–Trinajstić information content (AvgIpc) is 2.67. The fraction of sp³-hybridized carbons (Fsp3) is 0.391. The van der Waals surface area contributed by atoms with Crippen LogP contribution in [0.5, 0.6) is 11.5 Å². The van der Waals surface area contributed by atoms with Crippen molar-refractivity contribution in [2.24, 2.45) is 5.10 Å². The predicted octanol–water partition coefficient (Wildman–Crippen LogP) is 4.83. The molecule has 2 aromatic rings. The third-order valence-electron chi connectivity index (χ3n) is 4.28. The molecule has 0 radical (unpaired) electrons. The van der Waals surface area contributed by atoms with Crippen LogP contribution in [0.25, 0.3) is 0 Å². The van der Waals surface area contributed by atoms with Crippen molar-refractivity contribution < 1.29 is 14.3 Å². The first-order valence-corrected chi connectivity index (χ1v) is 9.77. The average molecular weight is 383 g/mol. The van der Waals surface area contributed by atoms with Crippen molar-refractivity contribution in [2.75, 3.05) is 13.2 Å². The lowest BCUT2D eigenvalue weighted by Gasteiger charge is -2.12. The lowest BCUT2D eigenvalue weighted by atomic mass is 9.98. The maximum absolute atomic E-state index is 11.9. The zero-order chi connectivity index (χ0) is 20.4. The van der Waals surface area contributed by atoms with Crippen LogP contribution in [0.15, 0.2) is 47.6 Å². The number of carbonyl (C=O) groups excluding carboxylic acids is 1. The first-order chi connectivity index (χ1) is 13.5. The van der Waals surface area contributed by atoms with Gasteiger partial charge in [0, 0.05) is 0 Å². The van der Waals surface area contributed by atoms with Crippen LogP contribution in [-0.2, 0) is 4.79 Å². The van der Waals surface area contributed by atoms with Gasteiger partial charge in [-0.3, -0.25) is 4.79 Å². The summed E-state index contributed by atoms with van der Waals surface area (Å²) < 4.78 is 11.2. The van der Waals surface area contributed by atoms with Crippen LogP contribution in [-0.4, -0.2) is 25.3 Å². The maximum Gasteiger partial charge on any atom is 0.277 e. The van der Waals surface area contributed by atoms with Gasteiger partial charge in [0.15, 0.2) is 6.61 Å². The van der Waals surface area contributed by atoms with Gasteiger partial charge >= 0.3 is 0 Å². The molecule has 0 aliphatic rings. The van der Waals surface area contributed by atoms with E-state index in [1.165, 1.54) is 5.56 Å². The summed E-state index contributed by atoms with van der Waals surface area (Å²) in [4.78, 5) is 11.9. The van der Waals surface area contributed by atoms with Crippen LogP contribution in [0.4, 0.5) is 0 Å². The first kappa shape index (κ1) is 21.5. The van der Waals surface area contributed by atoms with Crippen LogP contribution in [0, 0.1) is 6.92 Å². The molecule has 1 N–H and O–H groups in total. The van der Waals surface area contributed by atoms with E-state index in [2.05, 4.69) is 31.3 Å². The zero-order valence-electron chi connectivity index (χ0n) is 17.2. The lowest BCUT2D eigenvalue weighted by Crippen LogP contribution is -2.24. The van der Waals surface area contributed by atoms with Gasteiger partial charge in [-0.2, -0.15) is 5.10 Å². The Labute approximate surface area is 167 Å². The summed E-state index contributed by atoms with van der Waals surface area (Å²) in [5, 5.41) is 3.97. The molecule has 0 aliphatic carbocycles. The normalized spacial score (nSPS) is 11.0. The van der Waals surface area contributed by atoms with E-state index in [0.29, 0.717) is 11.7 Å². The number of amides is 1. The highest BCUT2D eigenvalue weighted by Gasteiger charge is 2.06. The van der Waals surface area contributed by atoms with Crippen molar-refractivity contribution in [1.29, 1.82) is 0 Å². The SMILES string of the molecule is CCCCOc1ccc(/C=N/NC(=O)COc2ccc(C(C)C)c(C)c2)cc1. The van der Waals surface area contributed by atoms with E-state index >= 15 is 0 Å². The van der Waals surface area contributed by atoms with Crippen molar-refractivity contribution in [3.8, 4) is 11.5 Å². The standard InChI is InChI=1S/C23H30N2O3/c1-5-6-13-27-20-9-7-19(8-10-20)15-24-25-23(26)16-28-21-11-12-22(17(2)3)18(4)14-21/h7-12,14-15,17H,5-6,13,16H2,1-4H3,(H,25,26)/b24-15+. The molecular formula is C23H30N2O3. The molecule has 5 heteroatoms. The Balaban J connectivity index is 1.76. The van der Waals surface area contributed by atoms with Crippen LogP contribution in [0.1, 0.15) is 56.2 Å². The molecule has 28 heavy (non-hydrogen) atoms. The van der Waals surface area contributed by atoms with Gasteiger partial charge in [-0.25, -0.2) is 5.43 Å². The molecule has 2 rings (SSSR count). The van der Waals surface area contributed by atoms with Gasteiger partial charge in [0.1, 0.15) is 11.5 Å². The van der Waals surface area contributed by atoms with Crippen molar-refractivity contribution in [3.63, 3.8) is 0 Å². The van der Waals surface area contributed by atoms with E-state index < -0.39 is 0 Å². The van der Waals surface area contributed by atoms with Gasteiger partial charge in [-0.15, -0.1) is 0 Å². The second kappa shape index (κ2) is 11.1. The molecule has 0 unspecified atom stereocenters. The summed E-state index contributed by atoms with van der Waals surface area (Å²) in [5.41, 5.74) is 5.80. The molecular weight excluding hydrogens is 352 g/mol. The molecule has 0 aromatic heterocycles. The quantitative estimate of drug-likeness (QED) is 0.364. The third-order valence-corrected chi connectivity index (χ3v) is 4.28. The van der Waals surface area contributed by atoms with E-state index in [9.17, 15) is 4.79 Å². The fourth-order valence-corrected chi connectivity index (χ4v) is 2.73. The summed E-state index contributed by atoms with van der Waals surface area (Å²) in [5.74, 6) is 1.67. The molecule has 0 saturated carbocycles. The van der Waals surface area contributed by atoms with Crippen molar-refractivity contribution >= 4 is 12.1 Å². The first-order valence-electron chi connectivity index (χ1n) is 9.77. The van der Waals surface area contributed by atoms with Crippen LogP contribution in [0.2, 0.25) is 0 Å². The van der Waals surface area contributed by atoms with Gasteiger partial charge in [0.05, 0.1) is 12.8 Å². The molecule has 1 amide bonds. The highest BCUT2D eigenvalue weighted by atomic mass is 16.5. The summed E-state index contributed by atoms with van der Waals surface area (Å²) >= 11 is 0. The zero-order valence-corrected chi connectivity index (χ0v) is 17.2. The number of unbranched alkanes of at least 4 members (excludes halogenated alkanes) is 1. The molecule has 150 valence electrons. The van der Waals surface area contributed by atoms with Gasteiger partial charge < -0.3 is 9.47 Å². The van der Waals surface area contributed by atoms with Crippen LogP contribution < -0.4 is 14.9 Å². The number of hydrogen-bond acceptors (Lipinski definition) is 4. The van der Waals surface area contributed by atoms with Crippen molar-refractivity contribution in [1.82, 2.24) is 5.43 Å². The second-order valence-electron chi connectivity index (χ2n) is 7.03. The van der Waals surface area contributed by atoms with Gasteiger partial charge in [0.25, 0.3) is 5.91 Å². The molecule has 0 spiro atoms. The Hall–Kier alpha value is -2.82. The Morgan fingerprint density at radius 3 is 2.46 bits per heavy atom. The molecule has 5 nitrogen and oxygen atoms in total. The van der Waals surface area contributed by atoms with Crippen LogP contribution in [0.3, 0.4) is 0 Å². The summed E-state index contributed by atoms with van der Waals surface area (Å²) in [7, 11) is 0. The van der Waals surface area contributed by atoms with E-state index in [4.69, 9.17) is 9.47 Å². The Bertz CT molecular complexity index is 783. The Kier molecular flexibility index (Phi) is 8.53. The summed E-state index contributed by atoms with van der Waals surface area (Å²) in [6.07, 6.45) is 3.74. The predicted molar refractivity (Wildman–Crippen MR) is 113 cm³/mol. The van der Waals surface area contributed by atoms with Gasteiger partial charge in [-0.1, -0.05) is 33.3 Å². The lowest BCUT2D eigenvalue weighted by molar-refractivity contribution is -0.123. The number of ether oxygens (including phenoxy) is 2. The Morgan fingerprint density at radius 2 is 1.82 bits per heavy atom. The second-order valence-corrected chi connectivity index (χ2v) is 7.03. The Morgan fingerprint density at radius 1 is 1.11 bits per heavy atom. The smallest absolute Gasteiger partial charge is 0.277 e. The molecule has 0 saturated heterocycles. The number of hydrogen-bond donors (Lipinski definition) is 1. The number of nitrogens with zero attached hydrogens (tertiary/aromatic N) is 1. The van der Waals surface area contributed by atoms with Gasteiger partial charge in [0.2, 0.25) is 0 Å². The number of hydrazone groups is 1. The van der Waals surface area contributed by atoms with E-state index in [1.807, 2.05) is 49.4 Å². The minimum Gasteiger partial charge on any atom is -0.494 e. The van der Waals surface area contributed by atoms with E-state index in [1.54, 1.807) is 6.21 Å². The molecule has 0 aliphatic heterocycles. The van der Waals surface area contributed by atoms with E-state index in [0.717, 1.165) is 36.3 Å². The van der Waals surface area contributed by atoms with Crippen molar-refractivity contribution in [3.05, 3.63) is 59.2 Å². The monoisotopic (exact) mass is 382 g/mol. The molecule has 0 atom stereocenters. The molecule has 0 fully saturated rings. The molecule has 0 heterocycles. The summed E-state index contributed by atoms with van der Waals surface area (Å²) in [6.45, 7) is 9.13. The number of aryl methyl sites for hydroxylation is 1. The third kappa shape index (κ3) is 7.06. The highest BCUT2D eigenvalue weighted by Crippen LogP contribution is 2.23. The maximum atomic E-state index is 11.9. The molecule has 0 bridgehead atoms. The minimum absolute atomic E-state index is 0.0813. The molecule has 2 aromatic carbocycles. The fourth-order valence-electron chi connectivity index (χ4n) is 2.73. The van der Waals surface area contributed by atoms with Crippen LogP contribution >= 0.6 is 0 Å². The number of rotatable bonds is 10. The number of carbonyl (C=O) groups is 1. The number of nitrogens with one attached hydrogen (secondary N) is 1.